The SMILES string of the molecule is COc1ccc([C@@]23CC[C@H](NC(=O)Nc4ccc(F)c(F)c4)C[C@H]2N(C2CCCC2)CC3)cc1OC. The summed E-state index contributed by atoms with van der Waals surface area (Å²) in [6.45, 7) is 1.05. The van der Waals surface area contributed by atoms with Crippen LogP contribution in [0.25, 0.3) is 0 Å². The highest BCUT2D eigenvalue weighted by Gasteiger charge is 2.53. The lowest BCUT2D eigenvalue weighted by Crippen LogP contribution is -2.54. The number of likely N-dealkylation sites (tertiary alicyclic amines) is 1. The molecule has 36 heavy (non-hydrogen) atoms. The number of hydrogen-bond donors (Lipinski definition) is 2. The Morgan fingerprint density at radius 3 is 2.47 bits per heavy atom. The van der Waals surface area contributed by atoms with E-state index in [1.165, 1.54) is 37.3 Å². The average molecular weight is 500 g/mol. The van der Waals surface area contributed by atoms with E-state index < -0.39 is 17.7 Å². The van der Waals surface area contributed by atoms with E-state index in [1.54, 1.807) is 14.2 Å². The second kappa shape index (κ2) is 10.2. The van der Waals surface area contributed by atoms with Crippen molar-refractivity contribution in [2.75, 3.05) is 26.1 Å². The topological polar surface area (TPSA) is 62.8 Å². The predicted octanol–water partition coefficient (Wildman–Crippen LogP) is 5.61. The van der Waals surface area contributed by atoms with Gasteiger partial charge in [0.1, 0.15) is 0 Å². The van der Waals surface area contributed by atoms with Crippen LogP contribution in [-0.4, -0.2) is 49.8 Å². The molecule has 2 amide bonds. The molecule has 2 saturated carbocycles. The number of fused-ring (bicyclic) bond motifs is 1. The van der Waals surface area contributed by atoms with Crippen molar-refractivity contribution in [1.29, 1.82) is 0 Å². The maximum Gasteiger partial charge on any atom is 0.319 e. The van der Waals surface area contributed by atoms with Gasteiger partial charge in [-0.2, -0.15) is 0 Å². The lowest BCUT2D eigenvalue weighted by Gasteiger charge is -2.47. The van der Waals surface area contributed by atoms with Crippen molar-refractivity contribution < 1.29 is 23.0 Å². The molecule has 0 spiro atoms. The van der Waals surface area contributed by atoms with E-state index in [1.807, 2.05) is 6.07 Å². The van der Waals surface area contributed by atoms with Crippen molar-refractivity contribution in [2.45, 2.75) is 74.9 Å². The minimum Gasteiger partial charge on any atom is -0.493 e. The Balaban J connectivity index is 1.36. The van der Waals surface area contributed by atoms with Crippen LogP contribution in [0.2, 0.25) is 0 Å². The molecule has 2 aromatic rings. The lowest BCUT2D eigenvalue weighted by atomic mass is 9.65. The first kappa shape index (κ1) is 24.8. The summed E-state index contributed by atoms with van der Waals surface area (Å²) in [6.07, 6.45) is 8.72. The second-order valence-corrected chi connectivity index (χ2v) is 10.4. The quantitative estimate of drug-likeness (QED) is 0.542. The molecule has 194 valence electrons. The minimum absolute atomic E-state index is 0.00309. The van der Waals surface area contributed by atoms with E-state index in [0.29, 0.717) is 12.1 Å². The predicted molar refractivity (Wildman–Crippen MR) is 135 cm³/mol. The zero-order valence-electron chi connectivity index (χ0n) is 21.0. The van der Waals surface area contributed by atoms with Gasteiger partial charge >= 0.3 is 6.03 Å². The number of urea groups is 1. The van der Waals surface area contributed by atoms with E-state index in [4.69, 9.17) is 9.47 Å². The van der Waals surface area contributed by atoms with Gasteiger partial charge < -0.3 is 20.1 Å². The van der Waals surface area contributed by atoms with Crippen molar-refractivity contribution in [3.8, 4) is 11.5 Å². The average Bonchev–Trinajstić information content (AvgIpc) is 3.54. The van der Waals surface area contributed by atoms with Crippen LogP contribution in [0.3, 0.4) is 0 Å². The van der Waals surface area contributed by atoms with Crippen LogP contribution in [0.1, 0.15) is 56.9 Å². The van der Waals surface area contributed by atoms with Crippen molar-refractivity contribution in [3.05, 3.63) is 53.6 Å². The number of nitrogens with zero attached hydrogens (tertiary/aromatic N) is 1. The van der Waals surface area contributed by atoms with E-state index in [2.05, 4.69) is 27.7 Å². The van der Waals surface area contributed by atoms with Gasteiger partial charge in [-0.05, 0) is 74.9 Å². The summed E-state index contributed by atoms with van der Waals surface area (Å²) in [5.41, 5.74) is 1.50. The Bertz CT molecular complexity index is 1110. The molecule has 2 N–H and O–H groups in total. The first-order valence-electron chi connectivity index (χ1n) is 12.9. The third-order valence-corrected chi connectivity index (χ3v) is 8.57. The van der Waals surface area contributed by atoms with Crippen molar-refractivity contribution in [1.82, 2.24) is 10.2 Å². The number of halogens is 2. The number of amides is 2. The third-order valence-electron chi connectivity index (χ3n) is 8.57. The molecule has 0 bridgehead atoms. The number of methoxy groups -OCH3 is 2. The maximum absolute atomic E-state index is 13.6. The molecule has 2 aromatic carbocycles. The second-order valence-electron chi connectivity index (χ2n) is 10.4. The molecule has 6 nitrogen and oxygen atoms in total. The molecule has 3 atom stereocenters. The monoisotopic (exact) mass is 499 g/mol. The number of hydrogen-bond acceptors (Lipinski definition) is 4. The first-order valence-corrected chi connectivity index (χ1v) is 12.9. The fourth-order valence-corrected chi connectivity index (χ4v) is 6.80. The van der Waals surface area contributed by atoms with Crippen molar-refractivity contribution in [3.63, 3.8) is 0 Å². The fourth-order valence-electron chi connectivity index (χ4n) is 6.80. The van der Waals surface area contributed by atoms with Crippen LogP contribution in [0.4, 0.5) is 19.3 Å². The maximum atomic E-state index is 13.6. The van der Waals surface area contributed by atoms with Gasteiger partial charge in [-0.15, -0.1) is 0 Å². The highest BCUT2D eigenvalue weighted by Crippen LogP contribution is 2.52. The molecule has 1 aliphatic heterocycles. The third kappa shape index (κ3) is 4.63. The summed E-state index contributed by atoms with van der Waals surface area (Å²) >= 11 is 0. The lowest BCUT2D eigenvalue weighted by molar-refractivity contribution is 0.102. The molecule has 1 saturated heterocycles. The first-order chi connectivity index (χ1) is 17.4. The number of ether oxygens (including phenoxy) is 2. The van der Waals surface area contributed by atoms with Gasteiger partial charge in [-0.1, -0.05) is 18.9 Å². The number of carbonyl (C=O) groups is 1. The molecule has 8 heteroatoms. The summed E-state index contributed by atoms with van der Waals surface area (Å²) in [5, 5.41) is 5.75. The molecule has 0 radical (unpaired) electrons. The molecular formula is C28H35F2N3O3. The molecule has 3 fully saturated rings. The van der Waals surface area contributed by atoms with Crippen LogP contribution >= 0.6 is 0 Å². The number of rotatable bonds is 6. The van der Waals surface area contributed by atoms with E-state index >= 15 is 0 Å². The van der Waals surface area contributed by atoms with Gasteiger partial charge in [-0.25, -0.2) is 13.6 Å². The molecule has 3 aliphatic rings. The Hall–Kier alpha value is -2.87. The number of nitrogens with one attached hydrogen (secondary N) is 2. The van der Waals surface area contributed by atoms with Crippen LogP contribution in [0.15, 0.2) is 36.4 Å². The summed E-state index contributed by atoms with van der Waals surface area (Å²) in [7, 11) is 3.32. The van der Waals surface area contributed by atoms with Crippen molar-refractivity contribution in [2.24, 2.45) is 0 Å². The van der Waals surface area contributed by atoms with Crippen molar-refractivity contribution >= 4 is 11.7 Å². The Kier molecular flexibility index (Phi) is 7.06. The largest absolute Gasteiger partial charge is 0.493 e. The Labute approximate surface area is 211 Å². The number of anilines is 1. The highest BCUT2D eigenvalue weighted by molar-refractivity contribution is 5.89. The summed E-state index contributed by atoms with van der Waals surface area (Å²) < 4.78 is 37.9. The summed E-state index contributed by atoms with van der Waals surface area (Å²) in [6, 6.07) is 10.2. The van der Waals surface area contributed by atoms with Gasteiger partial charge in [-0.3, -0.25) is 4.90 Å². The molecule has 2 aliphatic carbocycles. The number of carbonyl (C=O) groups excluding carboxylic acids is 1. The van der Waals surface area contributed by atoms with Crippen LogP contribution in [-0.2, 0) is 5.41 Å². The van der Waals surface area contributed by atoms with Crippen LogP contribution in [0.5, 0.6) is 11.5 Å². The summed E-state index contributed by atoms with van der Waals surface area (Å²) in [5.74, 6) is -0.450. The molecule has 0 unspecified atom stereocenters. The van der Waals surface area contributed by atoms with E-state index in [0.717, 1.165) is 55.9 Å². The van der Waals surface area contributed by atoms with Gasteiger partial charge in [0.05, 0.1) is 14.2 Å². The molecule has 0 aromatic heterocycles. The zero-order chi connectivity index (χ0) is 25.3. The normalized spacial score (nSPS) is 26.4. The Morgan fingerprint density at radius 2 is 1.75 bits per heavy atom. The standard InChI is InChI=1S/C28H35F2N3O3/c1-35-24-10-7-18(15-25(24)36-2)28-12-11-20(17-26(28)33(14-13-28)21-5-3-4-6-21)32-27(34)31-19-8-9-22(29)23(30)16-19/h7-10,15-16,20-21,26H,3-6,11-14,17H2,1-2H3,(H2,31,32,34)/t20-,26+,28-/m0/s1. The van der Waals surface area contributed by atoms with Crippen LogP contribution < -0.4 is 20.1 Å². The molecule has 1 heterocycles. The molecule has 5 rings (SSSR count). The zero-order valence-corrected chi connectivity index (χ0v) is 21.0. The minimum atomic E-state index is -0.983. The highest BCUT2D eigenvalue weighted by atomic mass is 19.2. The van der Waals surface area contributed by atoms with Gasteiger partial charge in [0.25, 0.3) is 0 Å². The van der Waals surface area contributed by atoms with Gasteiger partial charge in [0, 0.05) is 35.3 Å². The summed E-state index contributed by atoms with van der Waals surface area (Å²) in [4.78, 5) is 15.4. The number of benzene rings is 2. The molecular weight excluding hydrogens is 464 g/mol. The van der Waals surface area contributed by atoms with Crippen LogP contribution in [0, 0.1) is 11.6 Å². The Morgan fingerprint density at radius 1 is 0.972 bits per heavy atom. The van der Waals surface area contributed by atoms with E-state index in [-0.39, 0.29) is 17.1 Å². The fraction of sp³-hybridized carbons (Fsp3) is 0.536. The van der Waals surface area contributed by atoms with Gasteiger partial charge in [0.2, 0.25) is 0 Å². The van der Waals surface area contributed by atoms with E-state index in [9.17, 15) is 13.6 Å². The van der Waals surface area contributed by atoms with Gasteiger partial charge in [0.15, 0.2) is 23.1 Å². The smallest absolute Gasteiger partial charge is 0.319 e.